The molecule has 5 heteroatoms. The molecule has 0 aromatic heterocycles. The summed E-state index contributed by atoms with van der Waals surface area (Å²) in [5, 5.41) is 18.2. The monoisotopic (exact) mass is 305 g/mol. The van der Waals surface area contributed by atoms with E-state index in [9.17, 15) is 9.59 Å². The van der Waals surface area contributed by atoms with E-state index >= 15 is 0 Å². The Morgan fingerprint density at radius 2 is 1.82 bits per heavy atom. The molecule has 1 aromatic rings. The molecular weight excluding hydrogens is 282 g/mol. The summed E-state index contributed by atoms with van der Waals surface area (Å²) in [7, 11) is 2.04. The molecule has 1 aromatic carbocycles. The van der Waals surface area contributed by atoms with Gasteiger partial charge in [0, 0.05) is 12.6 Å². The molecule has 1 aliphatic carbocycles. The fraction of sp³-hybridized carbons (Fsp3) is 0.529. The second-order valence-corrected chi connectivity index (χ2v) is 6.07. The molecule has 0 radical (unpaired) electrons. The smallest absolute Gasteiger partial charge is 0.335 e. The Labute approximate surface area is 130 Å². The van der Waals surface area contributed by atoms with Crippen molar-refractivity contribution in [3.63, 3.8) is 0 Å². The Bertz CT molecular complexity index is 550. The highest BCUT2D eigenvalue weighted by atomic mass is 16.4. The van der Waals surface area contributed by atoms with Gasteiger partial charge >= 0.3 is 11.9 Å². The molecule has 5 nitrogen and oxygen atoms in total. The topological polar surface area (TPSA) is 77.8 Å². The van der Waals surface area contributed by atoms with Crippen molar-refractivity contribution in [1.29, 1.82) is 0 Å². The van der Waals surface area contributed by atoms with Crippen LogP contribution in [0.15, 0.2) is 18.2 Å². The first-order valence-corrected chi connectivity index (χ1v) is 7.74. The third kappa shape index (κ3) is 4.31. The van der Waals surface area contributed by atoms with Gasteiger partial charge in [0.15, 0.2) is 0 Å². The van der Waals surface area contributed by atoms with Crippen molar-refractivity contribution in [2.24, 2.45) is 0 Å². The number of nitrogens with zero attached hydrogens (tertiary/aromatic N) is 1. The van der Waals surface area contributed by atoms with Gasteiger partial charge in [0.25, 0.3) is 0 Å². The summed E-state index contributed by atoms with van der Waals surface area (Å²) in [4.78, 5) is 24.4. The quantitative estimate of drug-likeness (QED) is 0.845. The summed E-state index contributed by atoms with van der Waals surface area (Å²) >= 11 is 0. The first kappa shape index (κ1) is 16.5. The van der Waals surface area contributed by atoms with E-state index in [1.54, 1.807) is 12.1 Å². The van der Waals surface area contributed by atoms with E-state index in [4.69, 9.17) is 10.2 Å². The van der Waals surface area contributed by atoms with Crippen LogP contribution in [0, 0.1) is 0 Å². The molecule has 0 amide bonds. The Morgan fingerprint density at radius 1 is 1.14 bits per heavy atom. The number of aromatic carboxylic acids is 1. The summed E-state index contributed by atoms with van der Waals surface area (Å²) in [6, 6.07) is 5.21. The van der Waals surface area contributed by atoms with Crippen molar-refractivity contribution < 1.29 is 19.8 Å². The number of benzene rings is 1. The van der Waals surface area contributed by atoms with Crippen molar-refractivity contribution in [1.82, 2.24) is 4.90 Å². The number of rotatable bonds is 6. The maximum atomic E-state index is 11.1. The van der Waals surface area contributed by atoms with E-state index in [0.717, 1.165) is 18.4 Å². The van der Waals surface area contributed by atoms with Gasteiger partial charge in [-0.2, -0.15) is 0 Å². The summed E-state index contributed by atoms with van der Waals surface area (Å²) in [5.74, 6) is -1.88. The molecule has 0 spiro atoms. The maximum Gasteiger partial charge on any atom is 0.335 e. The number of aliphatic carboxylic acids is 1. The fourth-order valence-electron chi connectivity index (χ4n) is 3.16. The third-order valence-corrected chi connectivity index (χ3v) is 4.41. The second-order valence-electron chi connectivity index (χ2n) is 6.07. The Hall–Kier alpha value is -1.88. The van der Waals surface area contributed by atoms with E-state index in [-0.39, 0.29) is 12.0 Å². The van der Waals surface area contributed by atoms with E-state index < -0.39 is 11.9 Å². The van der Waals surface area contributed by atoms with Gasteiger partial charge < -0.3 is 10.2 Å². The number of hydrogen-bond donors (Lipinski definition) is 2. The molecule has 0 bridgehead atoms. The van der Waals surface area contributed by atoms with Crippen molar-refractivity contribution in [3.8, 4) is 0 Å². The van der Waals surface area contributed by atoms with Gasteiger partial charge in [0.05, 0.1) is 12.0 Å². The molecule has 2 rings (SSSR count). The highest BCUT2D eigenvalue weighted by Gasteiger charge is 2.20. The van der Waals surface area contributed by atoms with Gasteiger partial charge in [-0.1, -0.05) is 25.3 Å². The van der Waals surface area contributed by atoms with E-state index in [0.29, 0.717) is 18.2 Å². The molecule has 0 heterocycles. The number of hydrogen-bond acceptors (Lipinski definition) is 3. The van der Waals surface area contributed by atoms with Crippen LogP contribution in [0.1, 0.15) is 53.6 Å². The highest BCUT2D eigenvalue weighted by molar-refractivity contribution is 5.88. The van der Waals surface area contributed by atoms with Crippen molar-refractivity contribution in [2.45, 2.75) is 51.1 Å². The SMILES string of the molecule is CN(Cc1cc(C(=O)O)ccc1CC(=O)O)C1CCCCC1. The van der Waals surface area contributed by atoms with Crippen molar-refractivity contribution in [3.05, 3.63) is 34.9 Å². The predicted molar refractivity (Wildman–Crippen MR) is 83.1 cm³/mol. The van der Waals surface area contributed by atoms with Crippen LogP contribution in [-0.2, 0) is 17.8 Å². The van der Waals surface area contributed by atoms with E-state index in [2.05, 4.69) is 4.90 Å². The summed E-state index contributed by atoms with van der Waals surface area (Å²) in [6.45, 7) is 0.592. The molecule has 0 saturated heterocycles. The molecule has 0 atom stereocenters. The van der Waals surface area contributed by atoms with Gasteiger partial charge in [-0.15, -0.1) is 0 Å². The Morgan fingerprint density at radius 3 is 2.41 bits per heavy atom. The van der Waals surface area contributed by atoms with E-state index in [1.807, 2.05) is 7.05 Å². The van der Waals surface area contributed by atoms with Crippen LogP contribution in [0.5, 0.6) is 0 Å². The maximum absolute atomic E-state index is 11.1. The molecule has 1 saturated carbocycles. The number of carboxylic acid groups (broad SMARTS) is 2. The largest absolute Gasteiger partial charge is 0.481 e. The molecule has 1 fully saturated rings. The summed E-state index contributed by atoms with van der Waals surface area (Å²) in [6.07, 6.45) is 5.97. The van der Waals surface area contributed by atoms with Crippen LogP contribution < -0.4 is 0 Å². The average molecular weight is 305 g/mol. The summed E-state index contributed by atoms with van der Waals surface area (Å²) in [5.41, 5.74) is 1.71. The molecule has 2 N–H and O–H groups in total. The number of carbonyl (C=O) groups is 2. The van der Waals surface area contributed by atoms with Crippen LogP contribution in [0.2, 0.25) is 0 Å². The highest BCUT2D eigenvalue weighted by Crippen LogP contribution is 2.24. The zero-order valence-corrected chi connectivity index (χ0v) is 12.9. The van der Waals surface area contributed by atoms with Crippen LogP contribution >= 0.6 is 0 Å². The lowest BCUT2D eigenvalue weighted by Gasteiger charge is -2.31. The Balaban J connectivity index is 2.19. The van der Waals surface area contributed by atoms with Crippen molar-refractivity contribution in [2.75, 3.05) is 7.05 Å². The first-order valence-electron chi connectivity index (χ1n) is 7.74. The zero-order chi connectivity index (χ0) is 16.1. The zero-order valence-electron chi connectivity index (χ0n) is 12.9. The molecule has 22 heavy (non-hydrogen) atoms. The third-order valence-electron chi connectivity index (χ3n) is 4.41. The first-order chi connectivity index (χ1) is 10.5. The minimum absolute atomic E-state index is 0.0757. The molecule has 0 aliphatic heterocycles. The minimum atomic E-state index is -0.983. The normalized spacial score (nSPS) is 15.9. The van der Waals surface area contributed by atoms with Crippen LogP contribution in [-0.4, -0.2) is 40.1 Å². The van der Waals surface area contributed by atoms with Gasteiger partial charge in [0.1, 0.15) is 0 Å². The molecular formula is C17H23NO4. The van der Waals surface area contributed by atoms with Crippen LogP contribution in [0.3, 0.4) is 0 Å². The van der Waals surface area contributed by atoms with Gasteiger partial charge in [0.2, 0.25) is 0 Å². The van der Waals surface area contributed by atoms with E-state index in [1.165, 1.54) is 25.3 Å². The van der Waals surface area contributed by atoms with Gasteiger partial charge in [-0.3, -0.25) is 9.69 Å². The lowest BCUT2D eigenvalue weighted by atomic mass is 9.93. The molecule has 0 unspecified atom stereocenters. The molecule has 120 valence electrons. The van der Waals surface area contributed by atoms with Gasteiger partial charge in [-0.25, -0.2) is 4.79 Å². The standard InChI is InChI=1S/C17H23NO4/c1-18(15-5-3-2-4-6-15)11-14-9-13(17(21)22)8-7-12(14)10-16(19)20/h7-9,15H,2-6,10-11H2,1H3,(H,19,20)(H,21,22). The number of carboxylic acids is 2. The lowest BCUT2D eigenvalue weighted by molar-refractivity contribution is -0.136. The fourth-order valence-corrected chi connectivity index (χ4v) is 3.16. The second kappa shape index (κ2) is 7.40. The average Bonchev–Trinajstić information content (AvgIpc) is 2.49. The van der Waals surface area contributed by atoms with Crippen LogP contribution in [0.25, 0.3) is 0 Å². The molecule has 1 aliphatic rings. The minimum Gasteiger partial charge on any atom is -0.481 e. The Kier molecular flexibility index (Phi) is 5.55. The predicted octanol–water partition coefficient (Wildman–Crippen LogP) is 2.78. The van der Waals surface area contributed by atoms with Crippen LogP contribution in [0.4, 0.5) is 0 Å². The van der Waals surface area contributed by atoms with Crippen molar-refractivity contribution >= 4 is 11.9 Å². The summed E-state index contributed by atoms with van der Waals surface area (Å²) < 4.78 is 0. The lowest BCUT2D eigenvalue weighted by Crippen LogP contribution is -2.33. The van der Waals surface area contributed by atoms with Gasteiger partial charge in [-0.05, 0) is 43.1 Å².